The summed E-state index contributed by atoms with van der Waals surface area (Å²) in [4.78, 5) is 21.7. The van der Waals surface area contributed by atoms with E-state index in [0.29, 0.717) is 17.5 Å². The number of aromatic nitrogens is 4. The van der Waals surface area contributed by atoms with Gasteiger partial charge in [0.25, 0.3) is 5.91 Å². The maximum absolute atomic E-state index is 13.0. The van der Waals surface area contributed by atoms with Crippen LogP contribution in [0.1, 0.15) is 33.0 Å². The van der Waals surface area contributed by atoms with Gasteiger partial charge in [0.2, 0.25) is 5.95 Å². The van der Waals surface area contributed by atoms with Crippen LogP contribution in [-0.4, -0.2) is 31.2 Å². The molecule has 0 radical (unpaired) electrons. The summed E-state index contributed by atoms with van der Waals surface area (Å²) in [6.45, 7) is 7.67. The standard InChI is InChI=1S/C24H24N6O2/c1-13-6-5-7-17(10-13)21-16(4)29-30-22(21)28-23(32)19-12-18(8-9-20(19)31)27-24-25-14(2)11-15(3)26-24/h5-12,31H,1-4H3,(H,25,26,27)(H2,28,29,30,32). The largest absolute Gasteiger partial charge is 0.507 e. The Hall–Kier alpha value is -4.20. The fourth-order valence-electron chi connectivity index (χ4n) is 3.55. The lowest BCUT2D eigenvalue weighted by Gasteiger charge is -2.11. The van der Waals surface area contributed by atoms with E-state index in [4.69, 9.17) is 0 Å². The molecule has 0 saturated carbocycles. The van der Waals surface area contributed by atoms with Crippen molar-refractivity contribution in [3.8, 4) is 16.9 Å². The molecule has 4 aromatic rings. The fraction of sp³-hybridized carbons (Fsp3) is 0.167. The molecular formula is C24H24N6O2. The second kappa shape index (κ2) is 8.50. The van der Waals surface area contributed by atoms with E-state index in [9.17, 15) is 9.90 Å². The number of nitrogens with one attached hydrogen (secondary N) is 3. The zero-order chi connectivity index (χ0) is 22.8. The van der Waals surface area contributed by atoms with E-state index in [1.807, 2.05) is 58.0 Å². The van der Waals surface area contributed by atoms with Crippen LogP contribution in [0.15, 0.2) is 48.5 Å². The highest BCUT2D eigenvalue weighted by Gasteiger charge is 2.18. The molecule has 0 aliphatic rings. The molecule has 0 unspecified atom stereocenters. The van der Waals surface area contributed by atoms with Crippen LogP contribution in [0.4, 0.5) is 17.5 Å². The second-order valence-corrected chi connectivity index (χ2v) is 7.73. The van der Waals surface area contributed by atoms with Crippen molar-refractivity contribution in [1.82, 2.24) is 20.2 Å². The molecule has 0 fully saturated rings. The Labute approximate surface area is 185 Å². The fourth-order valence-corrected chi connectivity index (χ4v) is 3.55. The summed E-state index contributed by atoms with van der Waals surface area (Å²) in [5.74, 6) is 0.198. The molecule has 0 atom stereocenters. The maximum Gasteiger partial charge on any atom is 0.260 e. The van der Waals surface area contributed by atoms with Gasteiger partial charge in [-0.25, -0.2) is 9.97 Å². The molecule has 162 valence electrons. The number of aromatic hydroxyl groups is 1. The Morgan fingerprint density at radius 1 is 0.969 bits per heavy atom. The van der Waals surface area contributed by atoms with Crippen LogP contribution in [0, 0.1) is 27.7 Å². The molecule has 8 heteroatoms. The number of aryl methyl sites for hydroxylation is 4. The van der Waals surface area contributed by atoms with Crippen molar-refractivity contribution in [2.45, 2.75) is 27.7 Å². The maximum atomic E-state index is 13.0. The van der Waals surface area contributed by atoms with Crippen LogP contribution < -0.4 is 10.6 Å². The van der Waals surface area contributed by atoms with E-state index in [1.165, 1.54) is 6.07 Å². The summed E-state index contributed by atoms with van der Waals surface area (Å²) < 4.78 is 0. The normalized spacial score (nSPS) is 10.8. The molecule has 2 aromatic heterocycles. The third-order valence-electron chi connectivity index (χ3n) is 4.97. The molecular weight excluding hydrogens is 404 g/mol. The van der Waals surface area contributed by atoms with Gasteiger partial charge in [-0.3, -0.25) is 9.89 Å². The predicted octanol–water partition coefficient (Wildman–Crippen LogP) is 4.80. The number of aromatic amines is 1. The number of anilines is 3. The van der Waals surface area contributed by atoms with Gasteiger partial charge in [0.15, 0.2) is 5.82 Å². The number of benzene rings is 2. The van der Waals surface area contributed by atoms with Crippen LogP contribution in [0.3, 0.4) is 0 Å². The molecule has 0 spiro atoms. The minimum atomic E-state index is -0.479. The zero-order valence-electron chi connectivity index (χ0n) is 18.3. The molecule has 4 rings (SSSR count). The first kappa shape index (κ1) is 21.0. The molecule has 0 bridgehead atoms. The smallest absolute Gasteiger partial charge is 0.260 e. The lowest BCUT2D eigenvalue weighted by atomic mass is 10.0. The Balaban J connectivity index is 1.61. The molecule has 2 aromatic carbocycles. The molecule has 32 heavy (non-hydrogen) atoms. The van der Waals surface area contributed by atoms with E-state index >= 15 is 0 Å². The number of phenolic OH excluding ortho intramolecular Hbond substituents is 1. The quantitative estimate of drug-likeness (QED) is 0.339. The monoisotopic (exact) mass is 428 g/mol. The van der Waals surface area contributed by atoms with Gasteiger partial charge in [-0.15, -0.1) is 0 Å². The number of amides is 1. The van der Waals surface area contributed by atoms with Gasteiger partial charge in [0.1, 0.15) is 5.75 Å². The minimum Gasteiger partial charge on any atom is -0.507 e. The zero-order valence-corrected chi connectivity index (χ0v) is 18.3. The summed E-state index contributed by atoms with van der Waals surface area (Å²) in [6.07, 6.45) is 0. The SMILES string of the molecule is Cc1cccc(-c2c(NC(=O)c3cc(Nc4nc(C)cc(C)n4)ccc3O)n[nH]c2C)c1. The number of carbonyl (C=O) groups excluding carboxylic acids is 1. The van der Waals surface area contributed by atoms with E-state index in [2.05, 4.69) is 30.8 Å². The molecule has 8 nitrogen and oxygen atoms in total. The van der Waals surface area contributed by atoms with E-state index < -0.39 is 5.91 Å². The van der Waals surface area contributed by atoms with Crippen molar-refractivity contribution in [3.63, 3.8) is 0 Å². The van der Waals surface area contributed by atoms with Crippen LogP contribution in [-0.2, 0) is 0 Å². The second-order valence-electron chi connectivity index (χ2n) is 7.73. The first-order valence-electron chi connectivity index (χ1n) is 10.2. The van der Waals surface area contributed by atoms with Crippen molar-refractivity contribution < 1.29 is 9.90 Å². The average Bonchev–Trinajstić information content (AvgIpc) is 3.08. The van der Waals surface area contributed by atoms with E-state index in [0.717, 1.165) is 33.8 Å². The van der Waals surface area contributed by atoms with Gasteiger partial charge in [0.05, 0.1) is 5.56 Å². The summed E-state index contributed by atoms with van der Waals surface area (Å²) in [5.41, 5.74) is 6.02. The van der Waals surface area contributed by atoms with Crippen molar-refractivity contribution >= 4 is 23.4 Å². The lowest BCUT2D eigenvalue weighted by molar-refractivity contribution is 0.102. The first-order valence-corrected chi connectivity index (χ1v) is 10.2. The van der Waals surface area contributed by atoms with E-state index in [-0.39, 0.29) is 11.3 Å². The number of carbonyl (C=O) groups is 1. The number of H-pyrrole nitrogens is 1. The van der Waals surface area contributed by atoms with Crippen LogP contribution in [0.5, 0.6) is 5.75 Å². The van der Waals surface area contributed by atoms with E-state index in [1.54, 1.807) is 12.1 Å². The summed E-state index contributed by atoms with van der Waals surface area (Å²) in [7, 11) is 0. The van der Waals surface area contributed by atoms with Crippen molar-refractivity contribution in [1.29, 1.82) is 0 Å². The predicted molar refractivity (Wildman–Crippen MR) is 124 cm³/mol. The molecule has 2 heterocycles. The Morgan fingerprint density at radius 3 is 2.44 bits per heavy atom. The molecule has 0 aliphatic heterocycles. The van der Waals surface area contributed by atoms with Gasteiger partial charge >= 0.3 is 0 Å². The Kier molecular flexibility index (Phi) is 5.59. The summed E-state index contributed by atoms with van der Waals surface area (Å²) >= 11 is 0. The number of phenols is 1. The summed E-state index contributed by atoms with van der Waals surface area (Å²) in [6, 6.07) is 14.5. The third kappa shape index (κ3) is 4.44. The van der Waals surface area contributed by atoms with Crippen LogP contribution in [0.2, 0.25) is 0 Å². The first-order chi connectivity index (χ1) is 15.3. The highest BCUT2D eigenvalue weighted by molar-refractivity contribution is 6.08. The molecule has 1 amide bonds. The minimum absolute atomic E-state index is 0.107. The van der Waals surface area contributed by atoms with Gasteiger partial charge in [0, 0.05) is 28.3 Å². The molecule has 0 saturated heterocycles. The number of hydrogen-bond acceptors (Lipinski definition) is 6. The van der Waals surface area contributed by atoms with Gasteiger partial charge in [-0.1, -0.05) is 29.8 Å². The van der Waals surface area contributed by atoms with Gasteiger partial charge in [-0.05, 0) is 57.5 Å². The van der Waals surface area contributed by atoms with Crippen molar-refractivity contribution in [2.24, 2.45) is 0 Å². The number of rotatable bonds is 5. The molecule has 4 N–H and O–H groups in total. The third-order valence-corrected chi connectivity index (χ3v) is 4.97. The highest BCUT2D eigenvalue weighted by Crippen LogP contribution is 2.31. The van der Waals surface area contributed by atoms with Crippen LogP contribution in [0.25, 0.3) is 11.1 Å². The van der Waals surface area contributed by atoms with Crippen molar-refractivity contribution in [3.05, 3.63) is 76.7 Å². The Morgan fingerprint density at radius 2 is 1.72 bits per heavy atom. The molecule has 0 aliphatic carbocycles. The number of nitrogens with zero attached hydrogens (tertiary/aromatic N) is 3. The lowest BCUT2D eigenvalue weighted by Crippen LogP contribution is -2.13. The average molecular weight is 428 g/mol. The number of hydrogen-bond donors (Lipinski definition) is 4. The Bertz CT molecular complexity index is 1290. The van der Waals surface area contributed by atoms with Gasteiger partial charge in [-0.2, -0.15) is 5.10 Å². The highest BCUT2D eigenvalue weighted by atomic mass is 16.3. The van der Waals surface area contributed by atoms with Crippen molar-refractivity contribution in [2.75, 3.05) is 10.6 Å². The van der Waals surface area contributed by atoms with Gasteiger partial charge < -0.3 is 15.7 Å². The topological polar surface area (TPSA) is 116 Å². The summed E-state index contributed by atoms with van der Waals surface area (Å²) in [5, 5.41) is 23.4. The van der Waals surface area contributed by atoms with Crippen LogP contribution >= 0.6 is 0 Å².